The maximum atomic E-state index is 6.30. The highest BCUT2D eigenvalue weighted by molar-refractivity contribution is 5.39. The average molecular weight is 249 g/mol. The fourth-order valence-electron chi connectivity index (χ4n) is 2.49. The highest BCUT2D eigenvalue weighted by atomic mass is 16.5. The fourth-order valence-corrected chi connectivity index (χ4v) is 2.49. The Kier molecular flexibility index (Phi) is 4.61. The number of nitrogens with two attached hydrogens (primary N) is 1. The van der Waals surface area contributed by atoms with Gasteiger partial charge in [0.05, 0.1) is 19.3 Å². The Balaban J connectivity index is 2.06. The van der Waals surface area contributed by atoms with Crippen molar-refractivity contribution in [2.45, 2.75) is 44.8 Å². The summed E-state index contributed by atoms with van der Waals surface area (Å²) < 4.78 is 11.1. The summed E-state index contributed by atoms with van der Waals surface area (Å²) in [5, 5.41) is 0. The van der Waals surface area contributed by atoms with Crippen molar-refractivity contribution in [2.24, 2.45) is 5.73 Å². The molecule has 3 nitrogen and oxygen atoms in total. The van der Waals surface area contributed by atoms with Gasteiger partial charge in [-0.05, 0) is 42.5 Å². The van der Waals surface area contributed by atoms with E-state index in [9.17, 15) is 0 Å². The van der Waals surface area contributed by atoms with Gasteiger partial charge in [0.2, 0.25) is 0 Å². The van der Waals surface area contributed by atoms with Crippen LogP contribution in [0.1, 0.15) is 43.4 Å². The molecule has 3 heteroatoms. The van der Waals surface area contributed by atoms with Crippen molar-refractivity contribution in [3.63, 3.8) is 0 Å². The number of hydrogen-bond donors (Lipinski definition) is 1. The molecule has 2 unspecified atom stereocenters. The molecule has 1 aromatic rings. The molecule has 2 rings (SSSR count). The van der Waals surface area contributed by atoms with Crippen LogP contribution in [0.4, 0.5) is 0 Å². The summed E-state index contributed by atoms with van der Waals surface area (Å²) in [4.78, 5) is 0. The van der Waals surface area contributed by atoms with Gasteiger partial charge in [-0.25, -0.2) is 0 Å². The molecule has 1 aliphatic rings. The quantitative estimate of drug-likeness (QED) is 0.816. The summed E-state index contributed by atoms with van der Waals surface area (Å²) in [5.74, 6) is 0.909. The molecule has 100 valence electrons. The molecule has 2 atom stereocenters. The monoisotopic (exact) mass is 249 g/mol. The predicted octanol–water partition coefficient (Wildman–Crippen LogP) is 2.83. The van der Waals surface area contributed by atoms with Crippen LogP contribution in [0.5, 0.6) is 5.75 Å². The third-order valence-corrected chi connectivity index (χ3v) is 3.64. The van der Waals surface area contributed by atoms with E-state index in [0.717, 1.165) is 38.0 Å². The molecule has 0 aliphatic heterocycles. The van der Waals surface area contributed by atoms with E-state index in [-0.39, 0.29) is 12.1 Å². The van der Waals surface area contributed by atoms with E-state index in [1.807, 2.05) is 6.07 Å². The van der Waals surface area contributed by atoms with E-state index in [4.69, 9.17) is 15.2 Å². The van der Waals surface area contributed by atoms with Crippen molar-refractivity contribution >= 4 is 0 Å². The number of fused-ring (bicyclic) bond motifs is 1. The van der Waals surface area contributed by atoms with Gasteiger partial charge in [-0.1, -0.05) is 19.4 Å². The van der Waals surface area contributed by atoms with Crippen LogP contribution < -0.4 is 10.5 Å². The highest BCUT2D eigenvalue weighted by Gasteiger charge is 2.27. The number of rotatable bonds is 5. The lowest BCUT2D eigenvalue weighted by molar-refractivity contribution is 0.0236. The molecule has 2 N–H and O–H groups in total. The Morgan fingerprint density at radius 3 is 2.94 bits per heavy atom. The first-order valence-corrected chi connectivity index (χ1v) is 6.80. The fraction of sp³-hybridized carbons (Fsp3) is 0.600. The second kappa shape index (κ2) is 6.21. The first kappa shape index (κ1) is 13.4. The Morgan fingerprint density at radius 2 is 2.22 bits per heavy atom. The van der Waals surface area contributed by atoms with E-state index in [1.165, 1.54) is 11.1 Å². The van der Waals surface area contributed by atoms with Crippen LogP contribution in [-0.2, 0) is 11.2 Å². The third-order valence-electron chi connectivity index (χ3n) is 3.64. The molecule has 0 heterocycles. The maximum Gasteiger partial charge on any atom is 0.119 e. The molecule has 0 radical (unpaired) electrons. The summed E-state index contributed by atoms with van der Waals surface area (Å²) >= 11 is 0. The standard InChI is InChI=1S/C15H23NO2/c1-3-4-9-18-14-8-5-11-10-12(17-2)6-7-13(11)15(14)16/h6-7,10,14-15H,3-5,8-9,16H2,1-2H3. The van der Waals surface area contributed by atoms with Gasteiger partial charge < -0.3 is 15.2 Å². The molecule has 0 saturated carbocycles. The minimum absolute atomic E-state index is 0.00323. The smallest absolute Gasteiger partial charge is 0.119 e. The lowest BCUT2D eigenvalue weighted by atomic mass is 9.86. The Morgan fingerprint density at radius 1 is 1.39 bits per heavy atom. The predicted molar refractivity (Wildman–Crippen MR) is 72.9 cm³/mol. The van der Waals surface area contributed by atoms with Crippen molar-refractivity contribution < 1.29 is 9.47 Å². The summed E-state index contributed by atoms with van der Waals surface area (Å²) in [7, 11) is 1.70. The van der Waals surface area contributed by atoms with E-state index in [1.54, 1.807) is 7.11 Å². The molecule has 1 aromatic carbocycles. The number of unbranched alkanes of at least 4 members (excludes halogenated alkanes) is 1. The molecule has 0 fully saturated rings. The molecular formula is C15H23NO2. The van der Waals surface area contributed by atoms with Gasteiger partial charge in [0.25, 0.3) is 0 Å². The van der Waals surface area contributed by atoms with Crippen molar-refractivity contribution in [3.8, 4) is 5.75 Å². The Labute approximate surface area is 109 Å². The second-order valence-corrected chi connectivity index (χ2v) is 4.89. The zero-order valence-corrected chi connectivity index (χ0v) is 11.3. The van der Waals surface area contributed by atoms with Crippen LogP contribution in [0.15, 0.2) is 18.2 Å². The van der Waals surface area contributed by atoms with Crippen molar-refractivity contribution in [3.05, 3.63) is 29.3 Å². The average Bonchev–Trinajstić information content (AvgIpc) is 2.41. The third kappa shape index (κ3) is 2.85. The SMILES string of the molecule is CCCCOC1CCc2cc(OC)ccc2C1N. The summed E-state index contributed by atoms with van der Waals surface area (Å²) in [5.41, 5.74) is 8.81. The van der Waals surface area contributed by atoms with Gasteiger partial charge in [-0.3, -0.25) is 0 Å². The van der Waals surface area contributed by atoms with Gasteiger partial charge >= 0.3 is 0 Å². The van der Waals surface area contributed by atoms with Crippen molar-refractivity contribution in [2.75, 3.05) is 13.7 Å². The van der Waals surface area contributed by atoms with Crippen molar-refractivity contribution in [1.29, 1.82) is 0 Å². The van der Waals surface area contributed by atoms with E-state index in [2.05, 4.69) is 19.1 Å². The van der Waals surface area contributed by atoms with Crippen LogP contribution in [0, 0.1) is 0 Å². The van der Waals surface area contributed by atoms with Crippen LogP contribution in [-0.4, -0.2) is 19.8 Å². The molecule has 0 spiro atoms. The largest absolute Gasteiger partial charge is 0.497 e. The van der Waals surface area contributed by atoms with Gasteiger partial charge in [0.1, 0.15) is 5.75 Å². The van der Waals surface area contributed by atoms with Crippen LogP contribution in [0.3, 0.4) is 0 Å². The maximum absolute atomic E-state index is 6.30. The van der Waals surface area contributed by atoms with Crippen LogP contribution in [0.2, 0.25) is 0 Å². The van der Waals surface area contributed by atoms with E-state index in [0.29, 0.717) is 0 Å². The number of aryl methyl sites for hydroxylation is 1. The Bertz CT molecular complexity index is 392. The van der Waals surface area contributed by atoms with Crippen molar-refractivity contribution in [1.82, 2.24) is 0 Å². The van der Waals surface area contributed by atoms with Crippen LogP contribution in [0.25, 0.3) is 0 Å². The van der Waals surface area contributed by atoms with E-state index >= 15 is 0 Å². The number of ether oxygens (including phenoxy) is 2. The first-order chi connectivity index (χ1) is 8.76. The zero-order valence-electron chi connectivity index (χ0n) is 11.3. The van der Waals surface area contributed by atoms with Crippen LogP contribution >= 0.6 is 0 Å². The summed E-state index contributed by atoms with van der Waals surface area (Å²) in [6.07, 6.45) is 4.47. The number of benzene rings is 1. The molecule has 0 amide bonds. The summed E-state index contributed by atoms with van der Waals surface area (Å²) in [6.45, 7) is 2.99. The minimum Gasteiger partial charge on any atom is -0.497 e. The van der Waals surface area contributed by atoms with E-state index < -0.39 is 0 Å². The Hall–Kier alpha value is -1.06. The minimum atomic E-state index is -0.00323. The lowest BCUT2D eigenvalue weighted by Crippen LogP contribution is -2.34. The molecule has 0 bridgehead atoms. The zero-order chi connectivity index (χ0) is 13.0. The summed E-state index contributed by atoms with van der Waals surface area (Å²) in [6, 6.07) is 6.15. The molecule has 0 saturated heterocycles. The second-order valence-electron chi connectivity index (χ2n) is 4.89. The number of hydrogen-bond acceptors (Lipinski definition) is 3. The normalized spacial score (nSPS) is 22.6. The van der Waals surface area contributed by atoms with Gasteiger partial charge in [-0.2, -0.15) is 0 Å². The van der Waals surface area contributed by atoms with Gasteiger partial charge in [0.15, 0.2) is 0 Å². The highest BCUT2D eigenvalue weighted by Crippen LogP contribution is 2.32. The molecular weight excluding hydrogens is 226 g/mol. The lowest BCUT2D eigenvalue weighted by Gasteiger charge is -2.31. The van der Waals surface area contributed by atoms with Gasteiger partial charge in [0, 0.05) is 6.61 Å². The molecule has 0 aromatic heterocycles. The number of methoxy groups -OCH3 is 1. The first-order valence-electron chi connectivity index (χ1n) is 6.80. The molecule has 18 heavy (non-hydrogen) atoms. The molecule has 1 aliphatic carbocycles. The topological polar surface area (TPSA) is 44.5 Å². The van der Waals surface area contributed by atoms with Gasteiger partial charge in [-0.15, -0.1) is 0 Å².